The Kier molecular flexibility index (Phi) is 3.49. The molecule has 2 N–H and O–H groups in total. The molecule has 3 heteroatoms. The van der Waals surface area contributed by atoms with E-state index in [0.29, 0.717) is 23.6 Å². The first-order valence-corrected chi connectivity index (χ1v) is 5.67. The SMILES string of the molecule is Cc1ccc(OCc2ccccc2C#N)c(N)c1. The Hall–Kier alpha value is -2.47. The zero-order valence-electron chi connectivity index (χ0n) is 10.2. The fourth-order valence-corrected chi connectivity index (χ4v) is 1.71. The molecule has 0 spiro atoms. The average Bonchev–Trinajstić information content (AvgIpc) is 2.38. The first kappa shape index (κ1) is 12.0. The van der Waals surface area contributed by atoms with Crippen molar-refractivity contribution < 1.29 is 4.74 Å². The number of nitriles is 1. The third kappa shape index (κ3) is 2.61. The molecule has 90 valence electrons. The fourth-order valence-electron chi connectivity index (χ4n) is 1.71. The van der Waals surface area contributed by atoms with Crippen LogP contribution in [0.2, 0.25) is 0 Å². The number of ether oxygens (including phenoxy) is 1. The van der Waals surface area contributed by atoms with E-state index in [-0.39, 0.29) is 0 Å². The molecule has 0 heterocycles. The maximum absolute atomic E-state index is 8.98. The van der Waals surface area contributed by atoms with Crippen LogP contribution in [0.1, 0.15) is 16.7 Å². The van der Waals surface area contributed by atoms with Crippen molar-refractivity contribution in [2.45, 2.75) is 13.5 Å². The van der Waals surface area contributed by atoms with Gasteiger partial charge in [-0.3, -0.25) is 0 Å². The molecule has 2 aromatic rings. The molecule has 0 aliphatic rings. The largest absolute Gasteiger partial charge is 0.487 e. The van der Waals surface area contributed by atoms with Crippen LogP contribution >= 0.6 is 0 Å². The Balaban J connectivity index is 2.14. The smallest absolute Gasteiger partial charge is 0.142 e. The minimum atomic E-state index is 0.344. The second-order valence-corrected chi connectivity index (χ2v) is 4.10. The lowest BCUT2D eigenvalue weighted by Gasteiger charge is -2.10. The van der Waals surface area contributed by atoms with Crippen LogP contribution < -0.4 is 10.5 Å². The van der Waals surface area contributed by atoms with Gasteiger partial charge in [0.25, 0.3) is 0 Å². The molecule has 2 aromatic carbocycles. The highest BCUT2D eigenvalue weighted by Gasteiger charge is 2.04. The van der Waals surface area contributed by atoms with Crippen LogP contribution in [0, 0.1) is 18.3 Å². The number of hydrogen-bond acceptors (Lipinski definition) is 3. The molecule has 0 unspecified atom stereocenters. The monoisotopic (exact) mass is 238 g/mol. The number of nitrogens with zero attached hydrogens (tertiary/aromatic N) is 1. The number of rotatable bonds is 3. The molecule has 0 aromatic heterocycles. The lowest BCUT2D eigenvalue weighted by atomic mass is 10.1. The van der Waals surface area contributed by atoms with Gasteiger partial charge in [0.2, 0.25) is 0 Å². The zero-order valence-corrected chi connectivity index (χ0v) is 10.2. The molecule has 0 saturated carbocycles. The van der Waals surface area contributed by atoms with Crippen molar-refractivity contribution in [2.24, 2.45) is 0 Å². The third-order valence-electron chi connectivity index (χ3n) is 2.69. The van der Waals surface area contributed by atoms with Gasteiger partial charge in [0.15, 0.2) is 0 Å². The Bertz CT molecular complexity index is 600. The van der Waals surface area contributed by atoms with Crippen LogP contribution in [0.4, 0.5) is 5.69 Å². The summed E-state index contributed by atoms with van der Waals surface area (Å²) in [5.41, 5.74) is 9.07. The fraction of sp³-hybridized carbons (Fsp3) is 0.133. The Morgan fingerprint density at radius 3 is 2.72 bits per heavy atom. The molecule has 0 aliphatic heterocycles. The highest BCUT2D eigenvalue weighted by atomic mass is 16.5. The quantitative estimate of drug-likeness (QED) is 0.836. The summed E-state index contributed by atoms with van der Waals surface area (Å²) in [7, 11) is 0. The second-order valence-electron chi connectivity index (χ2n) is 4.10. The molecule has 0 atom stereocenters. The van der Waals surface area contributed by atoms with Gasteiger partial charge < -0.3 is 10.5 Å². The van der Waals surface area contributed by atoms with E-state index in [4.69, 9.17) is 15.7 Å². The Morgan fingerprint density at radius 2 is 2.00 bits per heavy atom. The zero-order chi connectivity index (χ0) is 13.0. The van der Waals surface area contributed by atoms with E-state index in [1.807, 2.05) is 43.3 Å². The number of aryl methyl sites for hydroxylation is 1. The first-order chi connectivity index (χ1) is 8.70. The average molecular weight is 238 g/mol. The van der Waals surface area contributed by atoms with E-state index in [9.17, 15) is 0 Å². The normalized spacial score (nSPS) is 9.78. The minimum Gasteiger partial charge on any atom is -0.487 e. The number of nitrogen functional groups attached to an aromatic ring is 1. The van der Waals surface area contributed by atoms with Crippen molar-refractivity contribution in [3.63, 3.8) is 0 Å². The van der Waals surface area contributed by atoms with E-state index in [1.54, 1.807) is 6.07 Å². The molecule has 2 rings (SSSR count). The van der Waals surface area contributed by atoms with Crippen molar-refractivity contribution in [1.29, 1.82) is 5.26 Å². The van der Waals surface area contributed by atoms with Crippen molar-refractivity contribution >= 4 is 5.69 Å². The third-order valence-corrected chi connectivity index (χ3v) is 2.69. The minimum absolute atomic E-state index is 0.344. The van der Waals surface area contributed by atoms with Crippen molar-refractivity contribution in [1.82, 2.24) is 0 Å². The molecule has 0 fully saturated rings. The summed E-state index contributed by atoms with van der Waals surface area (Å²) in [6, 6.07) is 15.2. The Morgan fingerprint density at radius 1 is 1.22 bits per heavy atom. The second kappa shape index (κ2) is 5.24. The predicted molar refractivity (Wildman–Crippen MR) is 71.1 cm³/mol. The highest BCUT2D eigenvalue weighted by Crippen LogP contribution is 2.23. The van der Waals surface area contributed by atoms with Crippen molar-refractivity contribution in [3.8, 4) is 11.8 Å². The number of nitrogens with two attached hydrogens (primary N) is 1. The maximum Gasteiger partial charge on any atom is 0.142 e. The summed E-state index contributed by atoms with van der Waals surface area (Å²) in [5.74, 6) is 0.647. The molecule has 0 amide bonds. The standard InChI is InChI=1S/C15H14N2O/c1-11-6-7-15(14(17)8-11)18-10-13-5-3-2-4-12(13)9-16/h2-8H,10,17H2,1H3. The number of anilines is 1. The van der Waals surface area contributed by atoms with Gasteiger partial charge in [-0.25, -0.2) is 0 Å². The summed E-state index contributed by atoms with van der Waals surface area (Å²) in [4.78, 5) is 0. The number of hydrogen-bond donors (Lipinski definition) is 1. The van der Waals surface area contributed by atoms with E-state index in [1.165, 1.54) is 0 Å². The first-order valence-electron chi connectivity index (χ1n) is 5.67. The topological polar surface area (TPSA) is 59.0 Å². The lowest BCUT2D eigenvalue weighted by Crippen LogP contribution is -2.00. The summed E-state index contributed by atoms with van der Waals surface area (Å²) in [6.45, 7) is 2.32. The van der Waals surface area contributed by atoms with Gasteiger partial charge in [-0.05, 0) is 30.7 Å². The molecule has 0 saturated heterocycles. The van der Waals surface area contributed by atoms with Gasteiger partial charge >= 0.3 is 0 Å². The van der Waals surface area contributed by atoms with E-state index < -0.39 is 0 Å². The molecule has 3 nitrogen and oxygen atoms in total. The molecule has 0 bridgehead atoms. The van der Waals surface area contributed by atoms with Gasteiger partial charge in [-0.2, -0.15) is 5.26 Å². The van der Waals surface area contributed by atoms with E-state index >= 15 is 0 Å². The van der Waals surface area contributed by atoms with Crippen LogP contribution in [-0.2, 0) is 6.61 Å². The van der Waals surface area contributed by atoms with Gasteiger partial charge in [0.05, 0.1) is 17.3 Å². The molecule has 18 heavy (non-hydrogen) atoms. The Labute approximate surface area is 106 Å². The summed E-state index contributed by atoms with van der Waals surface area (Å²) < 4.78 is 5.64. The van der Waals surface area contributed by atoms with E-state index in [0.717, 1.165) is 11.1 Å². The van der Waals surface area contributed by atoms with Gasteiger partial charge in [-0.15, -0.1) is 0 Å². The maximum atomic E-state index is 8.98. The lowest BCUT2D eigenvalue weighted by molar-refractivity contribution is 0.307. The molecular formula is C15H14N2O. The van der Waals surface area contributed by atoms with Crippen molar-refractivity contribution in [2.75, 3.05) is 5.73 Å². The van der Waals surface area contributed by atoms with Crippen LogP contribution in [0.3, 0.4) is 0 Å². The van der Waals surface area contributed by atoms with Crippen molar-refractivity contribution in [3.05, 3.63) is 59.2 Å². The number of benzene rings is 2. The van der Waals surface area contributed by atoms with Crippen LogP contribution in [0.5, 0.6) is 5.75 Å². The van der Waals surface area contributed by atoms with Crippen LogP contribution in [0.15, 0.2) is 42.5 Å². The summed E-state index contributed by atoms with van der Waals surface area (Å²) in [6.07, 6.45) is 0. The van der Waals surface area contributed by atoms with Crippen LogP contribution in [-0.4, -0.2) is 0 Å². The van der Waals surface area contributed by atoms with Gasteiger partial charge in [0.1, 0.15) is 12.4 Å². The van der Waals surface area contributed by atoms with Gasteiger partial charge in [0, 0.05) is 5.56 Å². The van der Waals surface area contributed by atoms with Crippen LogP contribution in [0.25, 0.3) is 0 Å². The molecule has 0 aliphatic carbocycles. The van der Waals surface area contributed by atoms with E-state index in [2.05, 4.69) is 6.07 Å². The molecule has 0 radical (unpaired) electrons. The highest BCUT2D eigenvalue weighted by molar-refractivity contribution is 5.54. The summed E-state index contributed by atoms with van der Waals surface area (Å²) in [5, 5.41) is 8.98. The predicted octanol–water partition coefficient (Wildman–Crippen LogP) is 3.03. The van der Waals surface area contributed by atoms with Gasteiger partial charge in [-0.1, -0.05) is 24.3 Å². The molecular weight excluding hydrogens is 224 g/mol. The summed E-state index contributed by atoms with van der Waals surface area (Å²) >= 11 is 0.